The Kier molecular flexibility index (Phi) is 5.47. The number of amides is 4. The van der Waals surface area contributed by atoms with Gasteiger partial charge >= 0.3 is 12.0 Å². The van der Waals surface area contributed by atoms with Crippen LogP contribution in [0, 0.1) is 5.92 Å². The Balaban J connectivity index is 2.65. The van der Waals surface area contributed by atoms with Crippen molar-refractivity contribution >= 4 is 23.8 Å². The monoisotopic (exact) mass is 270 g/mol. The molecule has 0 aliphatic carbocycles. The van der Waals surface area contributed by atoms with Crippen LogP contribution in [0.3, 0.4) is 0 Å². The molecule has 0 spiro atoms. The van der Waals surface area contributed by atoms with Crippen molar-refractivity contribution in [2.75, 3.05) is 13.2 Å². The van der Waals surface area contributed by atoms with E-state index in [1.807, 2.05) is 6.92 Å². The lowest BCUT2D eigenvalue weighted by atomic mass is 9.99. The largest absolute Gasteiger partial charge is 0.466 e. The van der Waals surface area contributed by atoms with Crippen LogP contribution in [0.25, 0.3) is 0 Å². The topological polar surface area (TPSA) is 92.8 Å². The summed E-state index contributed by atoms with van der Waals surface area (Å²) in [6.07, 6.45) is 0.970. The number of carbonyl (C=O) groups excluding carboxylic acids is 4. The van der Waals surface area contributed by atoms with Crippen LogP contribution in [0.5, 0.6) is 0 Å². The van der Waals surface area contributed by atoms with Gasteiger partial charge in [0.1, 0.15) is 5.92 Å². The van der Waals surface area contributed by atoms with Gasteiger partial charge in [-0.3, -0.25) is 24.6 Å². The minimum atomic E-state index is -0.843. The van der Waals surface area contributed by atoms with E-state index in [0.29, 0.717) is 12.8 Å². The number of hydrogen-bond donors (Lipinski definition) is 1. The summed E-state index contributed by atoms with van der Waals surface area (Å²) >= 11 is 0. The molecule has 1 unspecified atom stereocenters. The minimum absolute atomic E-state index is 0.0694. The number of nitrogens with one attached hydrogen (secondary N) is 1. The number of urea groups is 1. The molecule has 0 bridgehead atoms. The van der Waals surface area contributed by atoms with Crippen molar-refractivity contribution in [2.45, 2.75) is 33.1 Å². The van der Waals surface area contributed by atoms with Crippen LogP contribution in [-0.2, 0) is 19.1 Å². The fourth-order valence-electron chi connectivity index (χ4n) is 1.85. The molecule has 0 aromatic heterocycles. The Labute approximate surface area is 111 Å². The van der Waals surface area contributed by atoms with Gasteiger partial charge in [-0.15, -0.1) is 0 Å². The molecule has 1 saturated heterocycles. The Morgan fingerprint density at radius 3 is 2.58 bits per heavy atom. The number of barbiturate groups is 1. The summed E-state index contributed by atoms with van der Waals surface area (Å²) < 4.78 is 4.72. The highest BCUT2D eigenvalue weighted by atomic mass is 16.5. The van der Waals surface area contributed by atoms with Gasteiger partial charge in [-0.25, -0.2) is 4.79 Å². The molecular weight excluding hydrogens is 252 g/mol. The van der Waals surface area contributed by atoms with Gasteiger partial charge in [-0.1, -0.05) is 13.3 Å². The van der Waals surface area contributed by atoms with Crippen molar-refractivity contribution in [3.63, 3.8) is 0 Å². The number of rotatable bonds is 6. The predicted molar refractivity (Wildman–Crippen MR) is 64.9 cm³/mol. The van der Waals surface area contributed by atoms with Crippen LogP contribution in [0.2, 0.25) is 0 Å². The molecule has 106 valence electrons. The first-order chi connectivity index (χ1) is 9.01. The number of ether oxygens (including phenoxy) is 1. The van der Waals surface area contributed by atoms with E-state index in [1.165, 1.54) is 0 Å². The highest BCUT2D eigenvalue weighted by Gasteiger charge is 2.39. The van der Waals surface area contributed by atoms with Gasteiger partial charge in [-0.2, -0.15) is 0 Å². The highest BCUT2D eigenvalue weighted by molar-refractivity contribution is 6.16. The molecule has 1 heterocycles. The smallest absolute Gasteiger partial charge is 0.330 e. The zero-order valence-electron chi connectivity index (χ0n) is 11.1. The molecule has 0 radical (unpaired) electrons. The Morgan fingerprint density at radius 2 is 2.00 bits per heavy atom. The molecule has 0 aromatic rings. The molecule has 1 atom stereocenters. The molecule has 19 heavy (non-hydrogen) atoms. The summed E-state index contributed by atoms with van der Waals surface area (Å²) in [6, 6.07) is -0.772. The van der Waals surface area contributed by atoms with Crippen LogP contribution < -0.4 is 5.32 Å². The van der Waals surface area contributed by atoms with Gasteiger partial charge in [0.05, 0.1) is 13.0 Å². The summed E-state index contributed by atoms with van der Waals surface area (Å²) in [5.41, 5.74) is 0. The average molecular weight is 270 g/mol. The van der Waals surface area contributed by atoms with Gasteiger partial charge in [0.2, 0.25) is 11.8 Å². The van der Waals surface area contributed by atoms with E-state index < -0.39 is 29.7 Å². The van der Waals surface area contributed by atoms with E-state index in [0.717, 1.165) is 4.90 Å². The molecule has 7 heteroatoms. The summed E-state index contributed by atoms with van der Waals surface area (Å²) in [4.78, 5) is 47.2. The van der Waals surface area contributed by atoms with Crippen molar-refractivity contribution in [3.05, 3.63) is 0 Å². The number of imide groups is 2. The minimum Gasteiger partial charge on any atom is -0.466 e. The molecule has 1 rings (SSSR count). The van der Waals surface area contributed by atoms with Gasteiger partial charge in [-0.05, 0) is 13.3 Å². The molecule has 0 aromatic carbocycles. The van der Waals surface area contributed by atoms with E-state index >= 15 is 0 Å². The maximum Gasteiger partial charge on any atom is 0.330 e. The highest BCUT2D eigenvalue weighted by Crippen LogP contribution is 2.16. The van der Waals surface area contributed by atoms with Gasteiger partial charge in [0.25, 0.3) is 0 Å². The third-order valence-electron chi connectivity index (χ3n) is 2.78. The molecule has 4 amide bonds. The summed E-state index contributed by atoms with van der Waals surface area (Å²) in [7, 11) is 0. The fraction of sp³-hybridized carbons (Fsp3) is 0.667. The molecule has 1 aliphatic heterocycles. The lowest BCUT2D eigenvalue weighted by molar-refractivity contribution is -0.145. The van der Waals surface area contributed by atoms with Crippen LogP contribution in [0.15, 0.2) is 0 Å². The predicted octanol–water partition coefficient (Wildman–Crippen LogP) is 0.434. The van der Waals surface area contributed by atoms with Crippen molar-refractivity contribution in [2.24, 2.45) is 5.92 Å². The summed E-state index contributed by atoms with van der Waals surface area (Å²) in [6.45, 7) is 3.69. The van der Waals surface area contributed by atoms with Crippen molar-refractivity contribution in [3.8, 4) is 0 Å². The maximum atomic E-state index is 12.0. The molecule has 1 aliphatic rings. The Morgan fingerprint density at radius 1 is 1.32 bits per heavy atom. The third-order valence-corrected chi connectivity index (χ3v) is 2.78. The second-order valence-corrected chi connectivity index (χ2v) is 4.18. The molecular formula is C12H18N2O5. The summed E-state index contributed by atoms with van der Waals surface area (Å²) in [5, 5.41) is 2.13. The van der Waals surface area contributed by atoms with Crippen LogP contribution in [0.4, 0.5) is 4.79 Å². The first-order valence-corrected chi connectivity index (χ1v) is 6.33. The second kappa shape index (κ2) is 6.86. The van der Waals surface area contributed by atoms with E-state index in [9.17, 15) is 19.2 Å². The maximum absolute atomic E-state index is 12.0. The number of nitrogens with zero attached hydrogens (tertiary/aromatic N) is 1. The first-order valence-electron chi connectivity index (χ1n) is 6.33. The number of carbonyl (C=O) groups is 4. The number of hydrogen-bond acceptors (Lipinski definition) is 5. The normalized spacial score (nSPS) is 19.4. The van der Waals surface area contributed by atoms with Gasteiger partial charge in [0, 0.05) is 6.54 Å². The Hall–Kier alpha value is -1.92. The average Bonchev–Trinajstić information content (AvgIpc) is 2.34. The van der Waals surface area contributed by atoms with E-state index in [2.05, 4.69) is 5.32 Å². The zero-order valence-corrected chi connectivity index (χ0v) is 11.1. The molecule has 0 saturated carbocycles. The standard InChI is InChI=1S/C12H18N2O5/c1-3-5-8-10(16)13-12(18)14(11(8)17)7-6-9(15)19-4-2/h8H,3-7H2,1-2H3,(H,13,16,18). The molecule has 7 nitrogen and oxygen atoms in total. The van der Waals surface area contributed by atoms with Crippen molar-refractivity contribution < 1.29 is 23.9 Å². The van der Waals surface area contributed by atoms with E-state index in [-0.39, 0.29) is 19.6 Å². The van der Waals surface area contributed by atoms with Gasteiger partial charge in [0.15, 0.2) is 0 Å². The van der Waals surface area contributed by atoms with Crippen molar-refractivity contribution in [1.29, 1.82) is 0 Å². The molecule has 1 fully saturated rings. The SMILES string of the molecule is CCCC1C(=O)NC(=O)N(CCC(=O)OCC)C1=O. The zero-order chi connectivity index (χ0) is 14.4. The van der Waals surface area contributed by atoms with Crippen LogP contribution in [-0.4, -0.2) is 41.9 Å². The van der Waals surface area contributed by atoms with Crippen molar-refractivity contribution in [1.82, 2.24) is 10.2 Å². The van der Waals surface area contributed by atoms with E-state index in [1.54, 1.807) is 6.92 Å². The van der Waals surface area contributed by atoms with Crippen LogP contribution in [0.1, 0.15) is 33.1 Å². The third kappa shape index (κ3) is 3.77. The lowest BCUT2D eigenvalue weighted by Crippen LogP contribution is -2.58. The second-order valence-electron chi connectivity index (χ2n) is 4.18. The van der Waals surface area contributed by atoms with Crippen LogP contribution >= 0.6 is 0 Å². The number of esters is 1. The fourth-order valence-corrected chi connectivity index (χ4v) is 1.85. The molecule has 1 N–H and O–H groups in total. The first kappa shape index (κ1) is 15.1. The quantitative estimate of drug-likeness (QED) is 0.558. The summed E-state index contributed by atoms with van der Waals surface area (Å²) in [5.74, 6) is -2.43. The van der Waals surface area contributed by atoms with Gasteiger partial charge < -0.3 is 4.74 Å². The lowest BCUT2D eigenvalue weighted by Gasteiger charge is -2.29. The Bertz CT molecular complexity index is 394. The van der Waals surface area contributed by atoms with E-state index in [4.69, 9.17) is 4.74 Å².